The molecule has 1 aromatic carbocycles. The Balaban J connectivity index is 1.81. The SMILES string of the molecule is O=C(c1ccccc1Br)C1CC2CCC(C1)N2. The number of rotatable bonds is 2. The average Bonchev–Trinajstić information content (AvgIpc) is 2.68. The third-order valence-corrected chi connectivity index (χ3v) is 4.67. The molecule has 2 atom stereocenters. The van der Waals surface area contributed by atoms with Crippen molar-refractivity contribution in [2.45, 2.75) is 37.8 Å². The van der Waals surface area contributed by atoms with Gasteiger partial charge in [-0.15, -0.1) is 0 Å². The van der Waals surface area contributed by atoms with E-state index in [9.17, 15) is 4.79 Å². The standard InChI is InChI=1S/C14H16BrNO/c15-13-4-2-1-3-12(13)14(17)9-7-10-5-6-11(8-9)16-10/h1-4,9-11,16H,5-8H2. The number of fused-ring (bicyclic) bond motifs is 2. The Morgan fingerprint density at radius 3 is 2.47 bits per heavy atom. The molecule has 0 radical (unpaired) electrons. The maximum atomic E-state index is 12.5. The Hall–Kier alpha value is -0.670. The highest BCUT2D eigenvalue weighted by atomic mass is 79.9. The maximum Gasteiger partial charge on any atom is 0.167 e. The second-order valence-electron chi connectivity index (χ2n) is 5.15. The van der Waals surface area contributed by atoms with Crippen molar-refractivity contribution in [2.75, 3.05) is 0 Å². The largest absolute Gasteiger partial charge is 0.311 e. The summed E-state index contributed by atoms with van der Waals surface area (Å²) in [6, 6.07) is 8.91. The van der Waals surface area contributed by atoms with Gasteiger partial charge in [-0.25, -0.2) is 0 Å². The molecule has 90 valence electrons. The van der Waals surface area contributed by atoms with Crippen LogP contribution in [0.4, 0.5) is 0 Å². The maximum absolute atomic E-state index is 12.5. The summed E-state index contributed by atoms with van der Waals surface area (Å²) in [6.07, 6.45) is 4.50. The fourth-order valence-electron chi connectivity index (χ4n) is 3.15. The second kappa shape index (κ2) is 4.54. The van der Waals surface area contributed by atoms with Gasteiger partial charge in [-0.2, -0.15) is 0 Å². The first-order valence-electron chi connectivity index (χ1n) is 6.29. The van der Waals surface area contributed by atoms with Crippen LogP contribution in [-0.4, -0.2) is 17.9 Å². The van der Waals surface area contributed by atoms with Gasteiger partial charge in [0.15, 0.2) is 5.78 Å². The minimum absolute atomic E-state index is 0.215. The number of halogens is 1. The van der Waals surface area contributed by atoms with E-state index in [0.29, 0.717) is 17.9 Å². The lowest BCUT2D eigenvalue weighted by Crippen LogP contribution is -2.40. The molecule has 2 unspecified atom stereocenters. The van der Waals surface area contributed by atoms with Crippen molar-refractivity contribution in [3.05, 3.63) is 34.3 Å². The first-order valence-corrected chi connectivity index (χ1v) is 7.08. The fraction of sp³-hybridized carbons (Fsp3) is 0.500. The number of hydrogen-bond donors (Lipinski definition) is 1. The summed E-state index contributed by atoms with van der Waals surface area (Å²) in [6.45, 7) is 0. The Labute approximate surface area is 110 Å². The van der Waals surface area contributed by atoms with Crippen LogP contribution in [0.1, 0.15) is 36.0 Å². The molecule has 17 heavy (non-hydrogen) atoms. The van der Waals surface area contributed by atoms with E-state index in [0.717, 1.165) is 22.9 Å². The van der Waals surface area contributed by atoms with E-state index < -0.39 is 0 Å². The van der Waals surface area contributed by atoms with E-state index in [2.05, 4.69) is 21.2 Å². The summed E-state index contributed by atoms with van der Waals surface area (Å²) in [4.78, 5) is 12.5. The molecular formula is C14H16BrNO. The lowest BCUT2D eigenvalue weighted by Gasteiger charge is -2.28. The zero-order valence-corrected chi connectivity index (χ0v) is 11.2. The third kappa shape index (κ3) is 2.18. The number of hydrogen-bond acceptors (Lipinski definition) is 2. The van der Waals surface area contributed by atoms with Crippen molar-refractivity contribution in [3.63, 3.8) is 0 Å². The lowest BCUT2D eigenvalue weighted by atomic mass is 9.86. The average molecular weight is 294 g/mol. The van der Waals surface area contributed by atoms with E-state index in [1.54, 1.807) is 0 Å². The van der Waals surface area contributed by atoms with Crippen molar-refractivity contribution in [1.82, 2.24) is 5.32 Å². The Bertz CT molecular complexity index is 434. The van der Waals surface area contributed by atoms with Crippen LogP contribution in [0.5, 0.6) is 0 Å². The Morgan fingerprint density at radius 1 is 1.18 bits per heavy atom. The van der Waals surface area contributed by atoms with Crippen LogP contribution < -0.4 is 5.32 Å². The van der Waals surface area contributed by atoms with Crippen molar-refractivity contribution in [2.24, 2.45) is 5.92 Å². The molecule has 2 fully saturated rings. The molecule has 2 saturated heterocycles. The highest BCUT2D eigenvalue weighted by Gasteiger charge is 2.37. The van der Waals surface area contributed by atoms with Crippen molar-refractivity contribution < 1.29 is 4.79 Å². The Kier molecular flexibility index (Phi) is 3.05. The summed E-state index contributed by atoms with van der Waals surface area (Å²) in [5, 5.41) is 3.58. The molecule has 3 rings (SSSR count). The number of carbonyl (C=O) groups is 1. The zero-order chi connectivity index (χ0) is 11.8. The van der Waals surface area contributed by atoms with Crippen LogP contribution >= 0.6 is 15.9 Å². The first-order chi connectivity index (χ1) is 8.24. The smallest absolute Gasteiger partial charge is 0.167 e. The number of nitrogens with one attached hydrogen (secondary N) is 1. The first kappa shape index (κ1) is 11.4. The molecule has 0 saturated carbocycles. The molecule has 0 aromatic heterocycles. The topological polar surface area (TPSA) is 29.1 Å². The molecule has 2 bridgehead atoms. The highest BCUT2D eigenvalue weighted by Crippen LogP contribution is 2.33. The van der Waals surface area contributed by atoms with Gasteiger partial charge in [0.1, 0.15) is 0 Å². The Morgan fingerprint density at radius 2 is 1.82 bits per heavy atom. The number of benzene rings is 1. The van der Waals surface area contributed by atoms with E-state index in [1.807, 2.05) is 24.3 Å². The van der Waals surface area contributed by atoms with Crippen molar-refractivity contribution >= 4 is 21.7 Å². The molecule has 2 nitrogen and oxygen atoms in total. The molecule has 2 aliphatic heterocycles. The van der Waals surface area contributed by atoms with Gasteiger partial charge in [0.25, 0.3) is 0 Å². The molecule has 0 amide bonds. The molecule has 2 aliphatic rings. The second-order valence-corrected chi connectivity index (χ2v) is 6.00. The van der Waals surface area contributed by atoms with Crippen LogP contribution in [-0.2, 0) is 0 Å². The van der Waals surface area contributed by atoms with Gasteiger partial charge >= 0.3 is 0 Å². The van der Waals surface area contributed by atoms with Gasteiger partial charge in [0, 0.05) is 28.0 Å². The van der Waals surface area contributed by atoms with E-state index >= 15 is 0 Å². The van der Waals surface area contributed by atoms with Gasteiger partial charge in [0.2, 0.25) is 0 Å². The normalized spacial score (nSPS) is 31.5. The lowest BCUT2D eigenvalue weighted by molar-refractivity contribution is 0.0875. The van der Waals surface area contributed by atoms with Gasteiger partial charge in [-0.3, -0.25) is 4.79 Å². The molecule has 2 heterocycles. The molecule has 0 spiro atoms. The van der Waals surface area contributed by atoms with Gasteiger partial charge in [-0.1, -0.05) is 34.1 Å². The summed E-state index contributed by atoms with van der Waals surface area (Å²) >= 11 is 3.47. The minimum Gasteiger partial charge on any atom is -0.311 e. The number of carbonyl (C=O) groups excluding carboxylic acids is 1. The monoisotopic (exact) mass is 293 g/mol. The predicted octanol–water partition coefficient (Wildman–Crippen LogP) is 3.16. The van der Waals surface area contributed by atoms with Crippen LogP contribution in [0.3, 0.4) is 0 Å². The van der Waals surface area contributed by atoms with Crippen LogP contribution in [0.15, 0.2) is 28.7 Å². The van der Waals surface area contributed by atoms with Gasteiger partial charge in [0.05, 0.1) is 0 Å². The van der Waals surface area contributed by atoms with Crippen LogP contribution in [0.2, 0.25) is 0 Å². The zero-order valence-electron chi connectivity index (χ0n) is 9.66. The quantitative estimate of drug-likeness (QED) is 0.849. The van der Waals surface area contributed by atoms with Crippen LogP contribution in [0, 0.1) is 5.92 Å². The summed E-state index contributed by atoms with van der Waals surface area (Å²) in [5.41, 5.74) is 0.846. The molecule has 1 N–H and O–H groups in total. The number of Topliss-reactive ketones (excluding diaryl/α,β-unsaturated/α-hetero) is 1. The van der Waals surface area contributed by atoms with Crippen molar-refractivity contribution in [1.29, 1.82) is 0 Å². The van der Waals surface area contributed by atoms with Crippen LogP contribution in [0.25, 0.3) is 0 Å². The number of ketones is 1. The minimum atomic E-state index is 0.215. The van der Waals surface area contributed by atoms with Gasteiger partial charge < -0.3 is 5.32 Å². The predicted molar refractivity (Wildman–Crippen MR) is 71.1 cm³/mol. The van der Waals surface area contributed by atoms with E-state index in [1.165, 1.54) is 12.8 Å². The molecule has 3 heteroatoms. The third-order valence-electron chi connectivity index (χ3n) is 3.98. The summed E-state index contributed by atoms with van der Waals surface area (Å²) in [7, 11) is 0. The number of piperidine rings is 1. The van der Waals surface area contributed by atoms with Crippen molar-refractivity contribution in [3.8, 4) is 0 Å². The molecule has 0 aliphatic carbocycles. The summed E-state index contributed by atoms with van der Waals surface area (Å²) in [5.74, 6) is 0.531. The highest BCUT2D eigenvalue weighted by molar-refractivity contribution is 9.10. The fourth-order valence-corrected chi connectivity index (χ4v) is 3.63. The summed E-state index contributed by atoms with van der Waals surface area (Å²) < 4.78 is 0.927. The molecule has 1 aromatic rings. The molecular weight excluding hydrogens is 278 g/mol. The van der Waals surface area contributed by atoms with E-state index in [-0.39, 0.29) is 5.92 Å². The van der Waals surface area contributed by atoms with Gasteiger partial charge in [-0.05, 0) is 31.7 Å². The van der Waals surface area contributed by atoms with E-state index in [4.69, 9.17) is 0 Å².